The lowest BCUT2D eigenvalue weighted by Gasteiger charge is -2.22. The number of furan rings is 1. The average molecular weight is 741 g/mol. The van der Waals surface area contributed by atoms with Crippen molar-refractivity contribution in [2.45, 2.75) is 19.3 Å². The molecule has 0 saturated heterocycles. The Morgan fingerprint density at radius 3 is 1.81 bits per heavy atom. The molecule has 3 heteroatoms. The standard InChI is InChI=1S/C55H36N2O/c1-55(2)47-22-12-21-44(53(47)46-28-35-16-6-8-17-36(35)29-48(46)55)41-25-26-42(40-20-11-10-19-39(40)41)50-32-49(56-54(57-50)33-13-4-3-5-14-33)38-23-24-43-45-27-34-15-7-9-18-37(34)30-52(45)58-51(43)31-38/h3-32H,1-2H3. The van der Waals surface area contributed by atoms with E-state index in [0.717, 1.165) is 55.4 Å². The van der Waals surface area contributed by atoms with Crippen LogP contribution >= 0.6 is 0 Å². The van der Waals surface area contributed by atoms with Crippen molar-refractivity contribution in [3.8, 4) is 56.2 Å². The van der Waals surface area contributed by atoms with E-state index in [0.29, 0.717) is 5.82 Å². The van der Waals surface area contributed by atoms with Crippen molar-refractivity contribution in [1.82, 2.24) is 9.97 Å². The van der Waals surface area contributed by atoms with Gasteiger partial charge in [-0.2, -0.15) is 0 Å². The maximum atomic E-state index is 6.51. The summed E-state index contributed by atoms with van der Waals surface area (Å²) in [5.41, 5.74) is 14.2. The summed E-state index contributed by atoms with van der Waals surface area (Å²) in [4.78, 5) is 10.5. The summed E-state index contributed by atoms with van der Waals surface area (Å²) in [6.45, 7) is 4.73. The Balaban J connectivity index is 1.04. The molecule has 1 aliphatic carbocycles. The normalized spacial score (nSPS) is 13.1. The monoisotopic (exact) mass is 740 g/mol. The van der Waals surface area contributed by atoms with E-state index in [9.17, 15) is 0 Å². The molecule has 12 rings (SSSR count). The van der Waals surface area contributed by atoms with Crippen LogP contribution in [-0.4, -0.2) is 9.97 Å². The van der Waals surface area contributed by atoms with E-state index >= 15 is 0 Å². The molecular formula is C55H36N2O. The lowest BCUT2D eigenvalue weighted by Crippen LogP contribution is -2.14. The van der Waals surface area contributed by atoms with Gasteiger partial charge in [0.2, 0.25) is 0 Å². The highest BCUT2D eigenvalue weighted by atomic mass is 16.3. The summed E-state index contributed by atoms with van der Waals surface area (Å²) < 4.78 is 6.51. The molecule has 272 valence electrons. The summed E-state index contributed by atoms with van der Waals surface area (Å²) in [6.07, 6.45) is 0. The van der Waals surface area contributed by atoms with Gasteiger partial charge >= 0.3 is 0 Å². The molecule has 0 amide bonds. The first-order chi connectivity index (χ1) is 28.5. The third-order valence-electron chi connectivity index (χ3n) is 12.5. The fourth-order valence-corrected chi connectivity index (χ4v) is 9.53. The number of aromatic nitrogens is 2. The van der Waals surface area contributed by atoms with Crippen LogP contribution in [0.2, 0.25) is 0 Å². The van der Waals surface area contributed by atoms with Gasteiger partial charge in [-0.25, -0.2) is 9.97 Å². The van der Waals surface area contributed by atoms with Crippen molar-refractivity contribution in [2.75, 3.05) is 0 Å². The van der Waals surface area contributed by atoms with E-state index in [-0.39, 0.29) is 5.41 Å². The third-order valence-corrected chi connectivity index (χ3v) is 12.5. The fourth-order valence-electron chi connectivity index (χ4n) is 9.53. The highest BCUT2D eigenvalue weighted by Crippen LogP contribution is 2.54. The summed E-state index contributed by atoms with van der Waals surface area (Å²) in [5, 5.41) is 9.46. The number of hydrogen-bond donors (Lipinski definition) is 0. The highest BCUT2D eigenvalue weighted by Gasteiger charge is 2.37. The smallest absolute Gasteiger partial charge is 0.160 e. The molecule has 0 bridgehead atoms. The number of nitrogens with zero attached hydrogens (tertiary/aromatic N) is 2. The van der Waals surface area contributed by atoms with Gasteiger partial charge in [-0.1, -0.05) is 153 Å². The molecule has 0 radical (unpaired) electrons. The van der Waals surface area contributed by atoms with Gasteiger partial charge in [0.15, 0.2) is 5.82 Å². The van der Waals surface area contributed by atoms with Crippen molar-refractivity contribution in [3.05, 3.63) is 193 Å². The lowest BCUT2D eigenvalue weighted by atomic mass is 9.81. The Kier molecular flexibility index (Phi) is 6.98. The van der Waals surface area contributed by atoms with Crippen molar-refractivity contribution in [3.63, 3.8) is 0 Å². The maximum absolute atomic E-state index is 6.51. The number of hydrogen-bond acceptors (Lipinski definition) is 3. The van der Waals surface area contributed by atoms with Crippen molar-refractivity contribution < 1.29 is 4.42 Å². The van der Waals surface area contributed by atoms with Crippen LogP contribution in [0, 0.1) is 0 Å². The van der Waals surface area contributed by atoms with E-state index in [1.54, 1.807) is 0 Å². The van der Waals surface area contributed by atoms with Crippen LogP contribution in [0.4, 0.5) is 0 Å². The Hall–Kier alpha value is -7.36. The quantitative estimate of drug-likeness (QED) is 0.180. The van der Waals surface area contributed by atoms with E-state index in [4.69, 9.17) is 14.4 Å². The Bertz CT molecular complexity index is 3480. The fraction of sp³-hybridized carbons (Fsp3) is 0.0545. The zero-order valence-corrected chi connectivity index (χ0v) is 32.1. The first-order valence-electron chi connectivity index (χ1n) is 20.0. The van der Waals surface area contributed by atoms with Gasteiger partial charge in [0.1, 0.15) is 11.2 Å². The minimum Gasteiger partial charge on any atom is -0.456 e. The molecular weight excluding hydrogens is 705 g/mol. The SMILES string of the molecule is CC1(C)c2cc3ccccc3cc2-c2c(-c3ccc(-c4cc(-c5ccc6c(c5)oc5cc7ccccc7cc56)nc(-c5ccccc5)n4)c4ccccc34)cccc21. The van der Waals surface area contributed by atoms with Crippen molar-refractivity contribution >= 4 is 54.3 Å². The van der Waals surface area contributed by atoms with Gasteiger partial charge in [-0.3, -0.25) is 0 Å². The Labute approximate surface area is 335 Å². The number of benzene rings is 9. The van der Waals surface area contributed by atoms with E-state index in [1.807, 2.05) is 18.2 Å². The highest BCUT2D eigenvalue weighted by molar-refractivity contribution is 6.11. The van der Waals surface area contributed by atoms with Crippen LogP contribution in [0.25, 0.3) is 110 Å². The average Bonchev–Trinajstić information content (AvgIpc) is 3.74. The first kappa shape index (κ1) is 32.8. The summed E-state index contributed by atoms with van der Waals surface area (Å²) >= 11 is 0. The van der Waals surface area contributed by atoms with Gasteiger partial charge in [0.05, 0.1) is 11.4 Å². The molecule has 0 unspecified atom stereocenters. The largest absolute Gasteiger partial charge is 0.456 e. The van der Waals surface area contributed by atoms with Crippen LogP contribution in [-0.2, 0) is 5.41 Å². The topological polar surface area (TPSA) is 38.9 Å². The lowest BCUT2D eigenvalue weighted by molar-refractivity contribution is 0.661. The zero-order chi connectivity index (χ0) is 38.5. The molecule has 58 heavy (non-hydrogen) atoms. The predicted octanol–water partition coefficient (Wildman–Crippen LogP) is 14.8. The second kappa shape index (κ2) is 12.3. The summed E-state index contributed by atoms with van der Waals surface area (Å²) in [7, 11) is 0. The van der Waals surface area contributed by atoms with Crippen molar-refractivity contribution in [2.24, 2.45) is 0 Å². The van der Waals surface area contributed by atoms with E-state index < -0.39 is 0 Å². The molecule has 0 atom stereocenters. The Morgan fingerprint density at radius 2 is 1.02 bits per heavy atom. The van der Waals surface area contributed by atoms with Crippen LogP contribution in [0.15, 0.2) is 186 Å². The Morgan fingerprint density at radius 1 is 0.379 bits per heavy atom. The minimum atomic E-state index is -0.120. The summed E-state index contributed by atoms with van der Waals surface area (Å²) in [6, 6.07) is 65.4. The van der Waals surface area contributed by atoms with Crippen LogP contribution < -0.4 is 0 Å². The molecule has 0 spiro atoms. The minimum absolute atomic E-state index is 0.120. The molecule has 3 nitrogen and oxygen atoms in total. The van der Waals surface area contributed by atoms with Gasteiger partial charge < -0.3 is 4.42 Å². The molecule has 11 aromatic rings. The molecule has 1 aliphatic rings. The van der Waals surface area contributed by atoms with Crippen LogP contribution in [0.5, 0.6) is 0 Å². The number of fused-ring (bicyclic) bond motifs is 9. The van der Waals surface area contributed by atoms with E-state index in [1.165, 1.54) is 60.3 Å². The predicted molar refractivity (Wildman–Crippen MR) is 241 cm³/mol. The summed E-state index contributed by atoms with van der Waals surface area (Å²) in [5.74, 6) is 0.684. The molecule has 0 N–H and O–H groups in total. The molecule has 0 aliphatic heterocycles. The van der Waals surface area contributed by atoms with Gasteiger partial charge in [0, 0.05) is 32.9 Å². The molecule has 9 aromatic carbocycles. The van der Waals surface area contributed by atoms with Crippen molar-refractivity contribution in [1.29, 1.82) is 0 Å². The van der Waals surface area contributed by atoms with E-state index in [2.05, 4.69) is 178 Å². The first-order valence-corrected chi connectivity index (χ1v) is 20.0. The van der Waals surface area contributed by atoms with Crippen LogP contribution in [0.3, 0.4) is 0 Å². The number of rotatable bonds is 4. The molecule has 0 saturated carbocycles. The van der Waals surface area contributed by atoms with Gasteiger partial charge in [0.25, 0.3) is 0 Å². The molecule has 0 fully saturated rings. The van der Waals surface area contributed by atoms with Gasteiger partial charge in [-0.15, -0.1) is 0 Å². The third kappa shape index (κ3) is 4.93. The van der Waals surface area contributed by atoms with Crippen LogP contribution in [0.1, 0.15) is 25.0 Å². The molecule has 2 heterocycles. The maximum Gasteiger partial charge on any atom is 0.160 e. The second-order valence-electron chi connectivity index (χ2n) is 16.1. The molecule has 2 aromatic heterocycles. The zero-order valence-electron chi connectivity index (χ0n) is 32.1. The second-order valence-corrected chi connectivity index (χ2v) is 16.1. The van der Waals surface area contributed by atoms with Gasteiger partial charge in [-0.05, 0) is 108 Å².